The van der Waals surface area contributed by atoms with Crippen LogP contribution in [0.2, 0.25) is 0 Å². The molecular weight excluding hydrogens is 416 g/mol. The number of carbonyl (C=O) groups is 1. The molecule has 2 nitrogen and oxygen atoms in total. The molecule has 4 aliphatic carbocycles. The zero-order valence-electron chi connectivity index (χ0n) is 23.7. The van der Waals surface area contributed by atoms with Gasteiger partial charge in [-0.25, -0.2) is 0 Å². The summed E-state index contributed by atoms with van der Waals surface area (Å²) >= 11 is 0. The first-order valence-corrected chi connectivity index (χ1v) is 14.3. The Bertz CT molecular complexity index is 860. The van der Waals surface area contributed by atoms with Gasteiger partial charge >= 0.3 is 5.97 Å². The minimum absolute atomic E-state index is 0.0228. The highest BCUT2D eigenvalue weighted by molar-refractivity contribution is 5.66. The van der Waals surface area contributed by atoms with E-state index in [1.165, 1.54) is 56.9 Å². The Hall–Kier alpha value is -1.05. The van der Waals surface area contributed by atoms with Crippen molar-refractivity contribution < 1.29 is 9.53 Å². The summed E-state index contributed by atoms with van der Waals surface area (Å²) in [4.78, 5) is 11.8. The van der Waals surface area contributed by atoms with Crippen molar-refractivity contribution in [1.29, 1.82) is 0 Å². The van der Waals surface area contributed by atoms with Crippen LogP contribution in [-0.4, -0.2) is 12.1 Å². The summed E-state index contributed by atoms with van der Waals surface area (Å²) in [5, 5.41) is 0. The first-order valence-electron chi connectivity index (χ1n) is 14.3. The van der Waals surface area contributed by atoms with Crippen molar-refractivity contribution in [3.05, 3.63) is 23.3 Å². The fraction of sp³-hybridized carbons (Fsp3) is 0.844. The molecule has 0 aliphatic heterocycles. The maximum atomic E-state index is 11.8. The summed E-state index contributed by atoms with van der Waals surface area (Å²) in [6.45, 7) is 21.2. The molecule has 0 N–H and O–H groups in total. The van der Waals surface area contributed by atoms with Crippen molar-refractivity contribution in [3.8, 4) is 0 Å². The standard InChI is InChI=1S/C32H52O2/c1-21(2)11-10-12-22(3)24-17-18-32(9)27-15-13-25-26(30(27,7)19-20-31(24,32)8)14-16-28(29(25,5)6)34-23(4)33/h11,13,22,24,26-28H,10,12,14-20H2,1-9H3/t22-,24-,26-,27?,28+,30+,31-,32+/m1/s1. The van der Waals surface area contributed by atoms with Gasteiger partial charge in [0, 0.05) is 12.3 Å². The predicted octanol–water partition coefficient (Wildman–Crippen LogP) is 8.91. The van der Waals surface area contributed by atoms with Crippen LogP contribution in [0.25, 0.3) is 0 Å². The molecule has 0 bridgehead atoms. The molecule has 0 saturated heterocycles. The molecule has 2 heteroatoms. The van der Waals surface area contributed by atoms with Crippen LogP contribution in [0.15, 0.2) is 23.3 Å². The van der Waals surface area contributed by atoms with E-state index in [9.17, 15) is 4.79 Å². The number of fused-ring (bicyclic) bond motifs is 5. The lowest BCUT2D eigenvalue weighted by atomic mass is 9.39. The molecule has 3 fully saturated rings. The van der Waals surface area contributed by atoms with Crippen LogP contribution < -0.4 is 0 Å². The van der Waals surface area contributed by atoms with E-state index in [-0.39, 0.29) is 17.5 Å². The normalized spacial score (nSPS) is 43.6. The highest BCUT2D eigenvalue weighted by Crippen LogP contribution is 2.75. The van der Waals surface area contributed by atoms with Crippen molar-refractivity contribution in [2.24, 2.45) is 45.3 Å². The lowest BCUT2D eigenvalue weighted by Crippen LogP contribution is -2.59. The second-order valence-electron chi connectivity index (χ2n) is 14.2. The molecule has 0 aromatic carbocycles. The van der Waals surface area contributed by atoms with E-state index in [1.54, 1.807) is 12.5 Å². The zero-order chi connectivity index (χ0) is 25.1. The topological polar surface area (TPSA) is 26.3 Å². The molecule has 8 atom stereocenters. The van der Waals surface area contributed by atoms with Crippen LogP contribution in [0.1, 0.15) is 120 Å². The van der Waals surface area contributed by atoms with Gasteiger partial charge in [-0.15, -0.1) is 0 Å². The summed E-state index contributed by atoms with van der Waals surface area (Å²) < 4.78 is 5.83. The van der Waals surface area contributed by atoms with Gasteiger partial charge in [-0.05, 0) is 112 Å². The second kappa shape index (κ2) is 8.81. The van der Waals surface area contributed by atoms with Crippen LogP contribution in [0.3, 0.4) is 0 Å². The maximum absolute atomic E-state index is 11.8. The molecule has 0 aromatic rings. The van der Waals surface area contributed by atoms with E-state index in [0.29, 0.717) is 22.2 Å². The van der Waals surface area contributed by atoms with Crippen LogP contribution in [-0.2, 0) is 9.53 Å². The summed E-state index contributed by atoms with van der Waals surface area (Å²) in [5.41, 5.74) is 4.25. The molecule has 4 rings (SSSR count). The van der Waals surface area contributed by atoms with Gasteiger partial charge in [0.25, 0.3) is 0 Å². The van der Waals surface area contributed by atoms with Gasteiger partial charge in [-0.3, -0.25) is 4.79 Å². The minimum atomic E-state index is -0.131. The number of hydrogen-bond donors (Lipinski definition) is 0. The third-order valence-electron chi connectivity index (χ3n) is 12.0. The molecular formula is C32H52O2. The number of allylic oxidation sites excluding steroid dienone is 3. The predicted molar refractivity (Wildman–Crippen MR) is 142 cm³/mol. The molecule has 3 saturated carbocycles. The lowest BCUT2D eigenvalue weighted by Gasteiger charge is -2.66. The van der Waals surface area contributed by atoms with Crippen molar-refractivity contribution in [2.75, 3.05) is 0 Å². The molecule has 4 aliphatic rings. The second-order valence-corrected chi connectivity index (χ2v) is 14.2. The summed E-state index contributed by atoms with van der Waals surface area (Å²) in [6, 6.07) is 0. The van der Waals surface area contributed by atoms with Gasteiger partial charge in [-0.2, -0.15) is 0 Å². The molecule has 0 amide bonds. The molecule has 0 spiro atoms. The third kappa shape index (κ3) is 3.85. The van der Waals surface area contributed by atoms with E-state index in [0.717, 1.165) is 24.2 Å². The van der Waals surface area contributed by atoms with Crippen LogP contribution >= 0.6 is 0 Å². The Morgan fingerprint density at radius 3 is 2.38 bits per heavy atom. The fourth-order valence-electron chi connectivity index (χ4n) is 9.86. The average molecular weight is 469 g/mol. The molecule has 192 valence electrons. The first kappa shape index (κ1) is 26.0. The number of esters is 1. The van der Waals surface area contributed by atoms with Gasteiger partial charge in [-0.1, -0.05) is 64.8 Å². The van der Waals surface area contributed by atoms with E-state index in [4.69, 9.17) is 4.74 Å². The van der Waals surface area contributed by atoms with E-state index < -0.39 is 0 Å². The molecule has 0 aromatic heterocycles. The SMILES string of the molecule is CC(=O)O[C@H]1CC[C@@H]2C(=CCC3[C@]4(C)CC[C@H]([C@H](C)CCC=C(C)C)[C@@]4(C)CC[C@]32C)C1(C)C. The van der Waals surface area contributed by atoms with Crippen molar-refractivity contribution >= 4 is 5.97 Å². The molecule has 0 heterocycles. The lowest BCUT2D eigenvalue weighted by molar-refractivity contribution is -0.162. The third-order valence-corrected chi connectivity index (χ3v) is 12.0. The van der Waals surface area contributed by atoms with Crippen molar-refractivity contribution in [1.82, 2.24) is 0 Å². The Balaban J connectivity index is 1.61. The Labute approximate surface area is 210 Å². The van der Waals surface area contributed by atoms with Crippen LogP contribution in [0.5, 0.6) is 0 Å². The van der Waals surface area contributed by atoms with E-state index in [1.807, 2.05) is 0 Å². The molecule has 1 unspecified atom stereocenters. The Morgan fingerprint density at radius 1 is 1.03 bits per heavy atom. The van der Waals surface area contributed by atoms with Crippen LogP contribution in [0, 0.1) is 45.3 Å². The Morgan fingerprint density at radius 2 is 1.74 bits per heavy atom. The zero-order valence-corrected chi connectivity index (χ0v) is 23.7. The molecule has 34 heavy (non-hydrogen) atoms. The fourth-order valence-corrected chi connectivity index (χ4v) is 9.86. The number of ether oxygens (including phenoxy) is 1. The minimum Gasteiger partial charge on any atom is -0.462 e. The quantitative estimate of drug-likeness (QED) is 0.297. The maximum Gasteiger partial charge on any atom is 0.302 e. The molecule has 0 radical (unpaired) electrons. The summed E-state index contributed by atoms with van der Waals surface area (Å²) in [6.07, 6.45) is 16.6. The van der Waals surface area contributed by atoms with Gasteiger partial charge in [0.1, 0.15) is 6.10 Å². The smallest absolute Gasteiger partial charge is 0.302 e. The number of carbonyl (C=O) groups excluding carboxylic acids is 1. The van der Waals surface area contributed by atoms with Crippen LogP contribution in [0.4, 0.5) is 0 Å². The van der Waals surface area contributed by atoms with E-state index in [2.05, 4.69) is 67.5 Å². The Kier molecular flexibility index (Phi) is 6.74. The van der Waals surface area contributed by atoms with Gasteiger partial charge in [0.2, 0.25) is 0 Å². The van der Waals surface area contributed by atoms with Gasteiger partial charge in [0.05, 0.1) is 0 Å². The highest BCUT2D eigenvalue weighted by Gasteiger charge is 2.67. The largest absolute Gasteiger partial charge is 0.462 e. The van der Waals surface area contributed by atoms with E-state index >= 15 is 0 Å². The number of rotatable bonds is 5. The van der Waals surface area contributed by atoms with Crippen molar-refractivity contribution in [3.63, 3.8) is 0 Å². The van der Waals surface area contributed by atoms with Gasteiger partial charge < -0.3 is 4.74 Å². The monoisotopic (exact) mass is 468 g/mol. The summed E-state index contributed by atoms with van der Waals surface area (Å²) in [5.74, 6) is 2.94. The first-order chi connectivity index (χ1) is 15.8. The number of hydrogen-bond acceptors (Lipinski definition) is 2. The summed E-state index contributed by atoms with van der Waals surface area (Å²) in [7, 11) is 0. The van der Waals surface area contributed by atoms with Gasteiger partial charge in [0.15, 0.2) is 0 Å². The average Bonchev–Trinajstić information content (AvgIpc) is 3.01. The van der Waals surface area contributed by atoms with Crippen molar-refractivity contribution in [2.45, 2.75) is 126 Å². The highest BCUT2D eigenvalue weighted by atomic mass is 16.5.